The van der Waals surface area contributed by atoms with Crippen LogP contribution in [0.4, 0.5) is 0 Å². The monoisotopic (exact) mass is 346 g/mol. The Balaban J connectivity index is 2.26. The van der Waals surface area contributed by atoms with Crippen molar-refractivity contribution >= 4 is 5.78 Å². The first-order valence-electron chi connectivity index (χ1n) is 7.96. The van der Waals surface area contributed by atoms with Crippen molar-refractivity contribution in [1.29, 1.82) is 0 Å². The zero-order valence-corrected chi connectivity index (χ0v) is 14.0. The van der Waals surface area contributed by atoms with Crippen LogP contribution in [-0.4, -0.2) is 75.2 Å². The molecular formula is C16H26O8. The Morgan fingerprint density at radius 1 is 1.12 bits per heavy atom. The minimum Gasteiger partial charge on any atom is -0.458 e. The number of allylic oxidation sites excluding steroid dienone is 1. The third kappa shape index (κ3) is 3.35. The number of rotatable bonds is 4. The van der Waals surface area contributed by atoms with Crippen LogP contribution in [0.25, 0.3) is 0 Å². The number of hydrogen-bond acceptors (Lipinski definition) is 8. The van der Waals surface area contributed by atoms with Gasteiger partial charge < -0.3 is 35.0 Å². The van der Waals surface area contributed by atoms with Crippen LogP contribution < -0.4 is 0 Å². The maximum Gasteiger partial charge on any atom is 0.229 e. The Bertz CT molecular complexity index is 512. The molecular weight excluding hydrogens is 320 g/mol. The van der Waals surface area contributed by atoms with E-state index in [9.17, 15) is 30.3 Å². The van der Waals surface area contributed by atoms with E-state index >= 15 is 0 Å². The lowest BCUT2D eigenvalue weighted by molar-refractivity contribution is -0.291. The molecule has 2 aliphatic rings. The van der Waals surface area contributed by atoms with E-state index in [1.807, 2.05) is 13.8 Å². The van der Waals surface area contributed by atoms with Crippen LogP contribution in [0.1, 0.15) is 27.2 Å². The van der Waals surface area contributed by atoms with Gasteiger partial charge in [0.15, 0.2) is 11.5 Å². The van der Waals surface area contributed by atoms with Gasteiger partial charge in [0.25, 0.3) is 0 Å². The van der Waals surface area contributed by atoms with Crippen molar-refractivity contribution in [3.05, 3.63) is 11.3 Å². The first-order chi connectivity index (χ1) is 11.1. The van der Waals surface area contributed by atoms with Crippen molar-refractivity contribution in [3.63, 3.8) is 0 Å². The van der Waals surface area contributed by atoms with Crippen LogP contribution in [0.3, 0.4) is 0 Å². The molecule has 1 saturated heterocycles. The molecule has 8 nitrogen and oxygen atoms in total. The summed E-state index contributed by atoms with van der Waals surface area (Å²) in [6, 6.07) is 0. The quantitative estimate of drug-likeness (QED) is 0.423. The zero-order chi connectivity index (χ0) is 18.2. The van der Waals surface area contributed by atoms with Gasteiger partial charge in [-0.1, -0.05) is 13.8 Å². The number of carbonyl (C=O) groups is 1. The fourth-order valence-electron chi connectivity index (χ4n) is 3.41. The number of Topliss-reactive ketones (excluding diaryl/α,β-unsaturated/α-hetero) is 1. The normalized spacial score (nSPS) is 39.9. The summed E-state index contributed by atoms with van der Waals surface area (Å²) in [5, 5.41) is 48.4. The number of aliphatic hydroxyl groups is 5. The van der Waals surface area contributed by atoms with Gasteiger partial charge in [0.2, 0.25) is 6.29 Å². The summed E-state index contributed by atoms with van der Waals surface area (Å²) in [4.78, 5) is 12.4. The second-order valence-corrected chi connectivity index (χ2v) is 7.15. The van der Waals surface area contributed by atoms with E-state index in [2.05, 4.69) is 0 Å². The van der Waals surface area contributed by atoms with Crippen molar-refractivity contribution < 1.29 is 39.8 Å². The molecule has 1 aliphatic carbocycles. The van der Waals surface area contributed by atoms with Crippen LogP contribution in [0.5, 0.6) is 0 Å². The number of carbonyl (C=O) groups excluding carboxylic acids is 1. The molecule has 0 radical (unpaired) electrons. The molecule has 2 rings (SSSR count). The van der Waals surface area contributed by atoms with E-state index in [4.69, 9.17) is 9.47 Å². The average molecular weight is 346 g/mol. The fourth-order valence-corrected chi connectivity index (χ4v) is 3.41. The third-order valence-electron chi connectivity index (χ3n) is 4.96. The van der Waals surface area contributed by atoms with Crippen LogP contribution in [-0.2, 0) is 14.3 Å². The molecule has 24 heavy (non-hydrogen) atoms. The topological polar surface area (TPSA) is 137 Å². The minimum absolute atomic E-state index is 0.0160. The Morgan fingerprint density at radius 2 is 1.75 bits per heavy atom. The lowest BCUT2D eigenvalue weighted by Gasteiger charge is -2.42. The lowest BCUT2D eigenvalue weighted by atomic mass is 9.68. The highest BCUT2D eigenvalue weighted by atomic mass is 16.7. The fraction of sp³-hybridized carbons (Fsp3) is 0.812. The first kappa shape index (κ1) is 19.3. The molecule has 1 aliphatic heterocycles. The molecule has 0 amide bonds. The Kier molecular flexibility index (Phi) is 5.68. The van der Waals surface area contributed by atoms with E-state index in [0.717, 1.165) is 0 Å². The van der Waals surface area contributed by atoms with Gasteiger partial charge in [-0.2, -0.15) is 0 Å². The number of ketones is 1. The van der Waals surface area contributed by atoms with Crippen molar-refractivity contribution in [2.45, 2.75) is 57.9 Å². The highest BCUT2D eigenvalue weighted by molar-refractivity contribution is 5.95. The zero-order valence-electron chi connectivity index (χ0n) is 14.0. The molecule has 0 spiro atoms. The Hall–Kier alpha value is -1.03. The molecule has 6 atom stereocenters. The van der Waals surface area contributed by atoms with Gasteiger partial charge in [0.05, 0.1) is 13.2 Å². The van der Waals surface area contributed by atoms with Gasteiger partial charge >= 0.3 is 0 Å². The standard InChI is InChI=1S/C16H26O8/c1-7-8(5-17)16(2,3)4-9(19)14(7)24-15-13(22)12(21)11(20)10(6-18)23-15/h8,10-13,15,17-18,20-22H,4-6H2,1-3H3/t8-,10+,11+,12-,13+,15-/m0/s1. The molecule has 0 unspecified atom stereocenters. The van der Waals surface area contributed by atoms with E-state index in [0.29, 0.717) is 5.57 Å². The van der Waals surface area contributed by atoms with E-state index in [1.165, 1.54) is 0 Å². The van der Waals surface area contributed by atoms with Gasteiger partial charge in [-0.15, -0.1) is 0 Å². The van der Waals surface area contributed by atoms with Gasteiger partial charge in [-0.25, -0.2) is 0 Å². The average Bonchev–Trinajstić information content (AvgIpc) is 2.50. The Morgan fingerprint density at radius 3 is 2.29 bits per heavy atom. The summed E-state index contributed by atoms with van der Waals surface area (Å²) in [6.45, 7) is 4.68. The Labute approximate surface area is 140 Å². The smallest absolute Gasteiger partial charge is 0.229 e. The van der Waals surface area contributed by atoms with Gasteiger partial charge in [0, 0.05) is 12.3 Å². The molecule has 0 aromatic rings. The first-order valence-corrected chi connectivity index (χ1v) is 7.96. The predicted octanol–water partition coefficient (Wildman–Crippen LogP) is -1.32. The summed E-state index contributed by atoms with van der Waals surface area (Å²) in [6.07, 6.45) is -7.02. The van der Waals surface area contributed by atoms with Crippen LogP contribution in [0, 0.1) is 11.3 Å². The molecule has 0 aromatic heterocycles. The molecule has 0 aromatic carbocycles. The van der Waals surface area contributed by atoms with E-state index in [-0.39, 0.29) is 30.5 Å². The van der Waals surface area contributed by atoms with Gasteiger partial charge in [-0.05, 0) is 17.9 Å². The highest BCUT2D eigenvalue weighted by Crippen LogP contribution is 2.42. The molecule has 1 heterocycles. The molecule has 1 fully saturated rings. The summed E-state index contributed by atoms with van der Waals surface area (Å²) >= 11 is 0. The van der Waals surface area contributed by atoms with Crippen molar-refractivity contribution in [3.8, 4) is 0 Å². The SMILES string of the molecule is CC1=C(O[C@@H]2O[C@H](CO)[C@@H](O)[C@H](O)[C@H]2O)C(=O)CC(C)(C)[C@H]1CO. The van der Waals surface area contributed by atoms with Crippen molar-refractivity contribution in [1.82, 2.24) is 0 Å². The summed E-state index contributed by atoms with van der Waals surface area (Å²) in [7, 11) is 0. The summed E-state index contributed by atoms with van der Waals surface area (Å²) in [5.74, 6) is -0.605. The van der Waals surface area contributed by atoms with Gasteiger partial charge in [-0.3, -0.25) is 4.79 Å². The predicted molar refractivity (Wildman–Crippen MR) is 81.5 cm³/mol. The molecule has 8 heteroatoms. The van der Waals surface area contributed by atoms with Gasteiger partial charge in [0.1, 0.15) is 24.4 Å². The number of ether oxygens (including phenoxy) is 2. The molecule has 0 bridgehead atoms. The van der Waals surface area contributed by atoms with Crippen molar-refractivity contribution in [2.75, 3.05) is 13.2 Å². The maximum atomic E-state index is 12.4. The highest BCUT2D eigenvalue weighted by Gasteiger charge is 2.47. The van der Waals surface area contributed by atoms with Crippen molar-refractivity contribution in [2.24, 2.45) is 11.3 Å². The lowest BCUT2D eigenvalue weighted by Crippen LogP contribution is -2.59. The number of aliphatic hydroxyl groups excluding tert-OH is 5. The molecule has 138 valence electrons. The van der Waals surface area contributed by atoms with E-state index in [1.54, 1.807) is 6.92 Å². The number of hydrogen-bond donors (Lipinski definition) is 5. The van der Waals surface area contributed by atoms with Crippen LogP contribution >= 0.6 is 0 Å². The molecule has 5 N–H and O–H groups in total. The molecule has 0 saturated carbocycles. The largest absolute Gasteiger partial charge is 0.458 e. The second-order valence-electron chi connectivity index (χ2n) is 7.15. The van der Waals surface area contributed by atoms with Crippen LogP contribution in [0.15, 0.2) is 11.3 Å². The minimum atomic E-state index is -1.58. The summed E-state index contributed by atoms with van der Waals surface area (Å²) in [5.41, 5.74) is 0.105. The third-order valence-corrected chi connectivity index (χ3v) is 4.96. The van der Waals surface area contributed by atoms with E-state index < -0.39 is 42.7 Å². The summed E-state index contributed by atoms with van der Waals surface area (Å²) < 4.78 is 10.8. The van der Waals surface area contributed by atoms with Crippen LogP contribution in [0.2, 0.25) is 0 Å². The maximum absolute atomic E-state index is 12.4. The second kappa shape index (κ2) is 7.07.